The monoisotopic (exact) mass is 273 g/mol. The third-order valence-electron chi connectivity index (χ3n) is 2.68. The lowest BCUT2D eigenvalue weighted by molar-refractivity contribution is -0.0179. The van der Waals surface area contributed by atoms with E-state index in [9.17, 15) is 4.79 Å². The zero-order valence-electron chi connectivity index (χ0n) is 12.5. The van der Waals surface area contributed by atoms with Gasteiger partial charge in [-0.2, -0.15) is 0 Å². The molecule has 19 heavy (non-hydrogen) atoms. The van der Waals surface area contributed by atoms with Crippen molar-refractivity contribution in [3.05, 3.63) is 0 Å². The maximum Gasteiger partial charge on any atom is 0.407 e. The molecule has 1 atom stereocenters. The minimum atomic E-state index is -0.446. The van der Waals surface area contributed by atoms with Crippen LogP contribution in [0.15, 0.2) is 0 Å². The van der Waals surface area contributed by atoms with E-state index in [0.717, 1.165) is 26.2 Å². The van der Waals surface area contributed by atoms with Crippen molar-refractivity contribution in [3.8, 4) is 0 Å². The minimum absolute atomic E-state index is 0.236. The number of amides is 1. The summed E-state index contributed by atoms with van der Waals surface area (Å²) >= 11 is 0. The van der Waals surface area contributed by atoms with Crippen LogP contribution in [-0.4, -0.2) is 69.1 Å². The van der Waals surface area contributed by atoms with Gasteiger partial charge >= 0.3 is 6.09 Å². The van der Waals surface area contributed by atoms with Crippen molar-refractivity contribution in [3.63, 3.8) is 0 Å². The average molecular weight is 273 g/mol. The maximum absolute atomic E-state index is 11.4. The Morgan fingerprint density at radius 3 is 2.79 bits per heavy atom. The summed E-state index contributed by atoms with van der Waals surface area (Å²) in [6.45, 7) is 10.4. The number of carbonyl (C=O) groups excluding carboxylic acids is 1. The second-order valence-corrected chi connectivity index (χ2v) is 5.89. The predicted molar refractivity (Wildman–Crippen MR) is 74.3 cm³/mol. The molecule has 0 aromatic rings. The van der Waals surface area contributed by atoms with Crippen LogP contribution >= 0.6 is 0 Å². The first-order valence-electron chi connectivity index (χ1n) is 6.84. The molecule has 1 aliphatic heterocycles. The molecule has 0 aromatic carbocycles. The quantitative estimate of drug-likeness (QED) is 0.711. The van der Waals surface area contributed by atoms with Crippen LogP contribution in [0.2, 0.25) is 0 Å². The standard InChI is InChI=1S/C13H27N3O3/c1-13(2,3)19-12(17)15-6-5-14-9-11-10-16(4)7-8-18-11/h11,14H,5-10H2,1-4H3,(H,15,17). The molecule has 112 valence electrons. The van der Waals surface area contributed by atoms with Gasteiger partial charge in [0, 0.05) is 32.7 Å². The number of carbonyl (C=O) groups is 1. The van der Waals surface area contributed by atoms with Crippen LogP contribution in [0.1, 0.15) is 20.8 Å². The van der Waals surface area contributed by atoms with E-state index >= 15 is 0 Å². The summed E-state index contributed by atoms with van der Waals surface area (Å²) in [5.74, 6) is 0. The fourth-order valence-electron chi connectivity index (χ4n) is 1.82. The summed E-state index contributed by atoms with van der Waals surface area (Å²) in [6.07, 6.45) is -0.136. The Morgan fingerprint density at radius 2 is 2.16 bits per heavy atom. The largest absolute Gasteiger partial charge is 0.444 e. The number of nitrogens with one attached hydrogen (secondary N) is 2. The summed E-state index contributed by atoms with van der Waals surface area (Å²) in [5, 5.41) is 5.98. The van der Waals surface area contributed by atoms with E-state index in [0.29, 0.717) is 13.1 Å². The van der Waals surface area contributed by atoms with Gasteiger partial charge in [-0.3, -0.25) is 0 Å². The number of ether oxygens (including phenoxy) is 2. The molecule has 0 aromatic heterocycles. The van der Waals surface area contributed by atoms with Crippen molar-refractivity contribution in [1.29, 1.82) is 0 Å². The highest BCUT2D eigenvalue weighted by molar-refractivity contribution is 5.67. The third kappa shape index (κ3) is 8.02. The van der Waals surface area contributed by atoms with Crippen molar-refractivity contribution >= 4 is 6.09 Å². The van der Waals surface area contributed by atoms with Crippen molar-refractivity contribution in [2.45, 2.75) is 32.5 Å². The number of nitrogens with zero attached hydrogens (tertiary/aromatic N) is 1. The molecule has 0 spiro atoms. The molecule has 1 saturated heterocycles. The van der Waals surface area contributed by atoms with Gasteiger partial charge in [-0.15, -0.1) is 0 Å². The zero-order valence-corrected chi connectivity index (χ0v) is 12.5. The first-order valence-corrected chi connectivity index (χ1v) is 6.84. The third-order valence-corrected chi connectivity index (χ3v) is 2.68. The average Bonchev–Trinajstić information content (AvgIpc) is 2.26. The smallest absolute Gasteiger partial charge is 0.407 e. The Balaban J connectivity index is 2.00. The van der Waals surface area contributed by atoms with Gasteiger partial charge in [-0.1, -0.05) is 0 Å². The maximum atomic E-state index is 11.4. The van der Waals surface area contributed by atoms with Crippen molar-refractivity contribution < 1.29 is 14.3 Å². The van der Waals surface area contributed by atoms with Gasteiger partial charge in [0.25, 0.3) is 0 Å². The molecule has 1 aliphatic rings. The van der Waals surface area contributed by atoms with E-state index in [1.54, 1.807) is 0 Å². The fraction of sp³-hybridized carbons (Fsp3) is 0.923. The molecule has 1 fully saturated rings. The highest BCUT2D eigenvalue weighted by atomic mass is 16.6. The summed E-state index contributed by atoms with van der Waals surface area (Å²) in [4.78, 5) is 13.6. The lowest BCUT2D eigenvalue weighted by Gasteiger charge is -2.30. The van der Waals surface area contributed by atoms with Crippen LogP contribution in [-0.2, 0) is 9.47 Å². The number of hydrogen-bond acceptors (Lipinski definition) is 5. The van der Waals surface area contributed by atoms with Gasteiger partial charge in [0.1, 0.15) is 5.60 Å². The minimum Gasteiger partial charge on any atom is -0.444 e. The molecule has 6 heteroatoms. The van der Waals surface area contributed by atoms with Gasteiger partial charge in [-0.05, 0) is 27.8 Å². The van der Waals surface area contributed by atoms with Crippen molar-refractivity contribution in [2.24, 2.45) is 0 Å². The second-order valence-electron chi connectivity index (χ2n) is 5.89. The molecule has 6 nitrogen and oxygen atoms in total. The van der Waals surface area contributed by atoms with E-state index in [4.69, 9.17) is 9.47 Å². The van der Waals surface area contributed by atoms with E-state index in [1.807, 2.05) is 20.8 Å². The number of morpholine rings is 1. The van der Waals surface area contributed by atoms with Gasteiger partial charge in [0.05, 0.1) is 12.7 Å². The van der Waals surface area contributed by atoms with Gasteiger partial charge in [-0.25, -0.2) is 4.79 Å². The van der Waals surface area contributed by atoms with Crippen LogP contribution in [0, 0.1) is 0 Å². The Bertz CT molecular complexity index is 279. The number of rotatable bonds is 5. The molecular weight excluding hydrogens is 246 g/mol. The topological polar surface area (TPSA) is 62.8 Å². The number of hydrogen-bond donors (Lipinski definition) is 2. The van der Waals surface area contributed by atoms with E-state index in [2.05, 4.69) is 22.6 Å². The summed E-state index contributed by atoms with van der Waals surface area (Å²) in [7, 11) is 2.10. The Morgan fingerprint density at radius 1 is 1.42 bits per heavy atom. The molecule has 1 amide bonds. The molecule has 0 bridgehead atoms. The molecule has 0 aliphatic carbocycles. The highest BCUT2D eigenvalue weighted by Gasteiger charge is 2.17. The molecular formula is C13H27N3O3. The molecule has 2 N–H and O–H groups in total. The first kappa shape index (κ1) is 16.2. The number of alkyl carbamates (subject to hydrolysis) is 1. The van der Waals surface area contributed by atoms with Crippen LogP contribution in [0.4, 0.5) is 4.79 Å². The number of likely N-dealkylation sites (N-methyl/N-ethyl adjacent to an activating group) is 1. The van der Waals surface area contributed by atoms with Gasteiger partial charge in [0.15, 0.2) is 0 Å². The Kier molecular flexibility index (Phi) is 6.54. The molecule has 1 heterocycles. The van der Waals surface area contributed by atoms with Crippen LogP contribution < -0.4 is 10.6 Å². The Labute approximate surface area is 115 Å². The summed E-state index contributed by atoms with van der Waals surface area (Å²) < 4.78 is 10.8. The van der Waals surface area contributed by atoms with E-state index < -0.39 is 5.60 Å². The fourth-order valence-corrected chi connectivity index (χ4v) is 1.82. The predicted octanol–water partition coefficient (Wildman–Crippen LogP) is 0.431. The van der Waals surface area contributed by atoms with Crippen LogP contribution in [0.3, 0.4) is 0 Å². The second kappa shape index (κ2) is 7.67. The zero-order chi connectivity index (χ0) is 14.3. The SMILES string of the molecule is CN1CCOC(CNCCNC(=O)OC(C)(C)C)C1. The van der Waals surface area contributed by atoms with Crippen molar-refractivity contribution in [2.75, 3.05) is 46.4 Å². The first-order chi connectivity index (χ1) is 8.87. The Hall–Kier alpha value is -0.850. The van der Waals surface area contributed by atoms with E-state index in [-0.39, 0.29) is 12.2 Å². The van der Waals surface area contributed by atoms with Crippen molar-refractivity contribution in [1.82, 2.24) is 15.5 Å². The lowest BCUT2D eigenvalue weighted by Crippen LogP contribution is -2.46. The normalized spacial score (nSPS) is 21.2. The van der Waals surface area contributed by atoms with Crippen LogP contribution in [0.25, 0.3) is 0 Å². The van der Waals surface area contributed by atoms with Gasteiger partial charge < -0.3 is 25.0 Å². The summed E-state index contributed by atoms with van der Waals surface area (Å²) in [6, 6.07) is 0. The molecule has 0 radical (unpaired) electrons. The molecule has 1 rings (SSSR count). The lowest BCUT2D eigenvalue weighted by atomic mass is 10.2. The highest BCUT2D eigenvalue weighted by Crippen LogP contribution is 2.06. The van der Waals surface area contributed by atoms with E-state index in [1.165, 1.54) is 0 Å². The van der Waals surface area contributed by atoms with Gasteiger partial charge in [0.2, 0.25) is 0 Å². The molecule has 1 unspecified atom stereocenters. The summed E-state index contributed by atoms with van der Waals surface area (Å²) in [5.41, 5.74) is -0.446. The van der Waals surface area contributed by atoms with Crippen LogP contribution in [0.5, 0.6) is 0 Å². The molecule has 0 saturated carbocycles.